The number of hydrogen-bond donors (Lipinski definition) is 1. The van der Waals surface area contributed by atoms with E-state index in [0.717, 1.165) is 5.69 Å². The maximum absolute atomic E-state index is 12.6. The van der Waals surface area contributed by atoms with Gasteiger partial charge in [-0.3, -0.25) is 19.8 Å². The summed E-state index contributed by atoms with van der Waals surface area (Å²) in [4.78, 5) is 41.2. The molecule has 0 aliphatic heterocycles. The van der Waals surface area contributed by atoms with Gasteiger partial charge in [-0.15, -0.1) is 11.3 Å². The summed E-state index contributed by atoms with van der Waals surface area (Å²) in [5.74, 6) is -0.487. The van der Waals surface area contributed by atoms with Gasteiger partial charge < -0.3 is 10.1 Å². The number of carbonyl (C=O) groups is 2. The van der Waals surface area contributed by atoms with Crippen LogP contribution in [0.5, 0.6) is 0 Å². The number of hydrogen-bond acceptors (Lipinski definition) is 8. The van der Waals surface area contributed by atoms with E-state index in [1.54, 1.807) is 37.4 Å². The first-order chi connectivity index (χ1) is 14.8. The van der Waals surface area contributed by atoms with Gasteiger partial charge in [0.25, 0.3) is 11.6 Å². The van der Waals surface area contributed by atoms with E-state index in [-0.39, 0.29) is 11.3 Å². The molecule has 0 saturated carbocycles. The first kappa shape index (κ1) is 22.2. The molecule has 0 unspecified atom stereocenters. The second-order valence-electron chi connectivity index (χ2n) is 6.33. The standard InChI is InChI=1S/C20H18N4O5S2/c1-12-11-30-19(21-12)31-17-9-4-13(10-16(17)24(27)28)18(25)22-14-5-7-15(8-6-14)23(2)20(26)29-3/h4-11H,1-3H3,(H,22,25). The predicted octanol–water partition coefficient (Wildman–Crippen LogP) is 4.97. The zero-order valence-electron chi connectivity index (χ0n) is 16.8. The molecule has 0 spiro atoms. The van der Waals surface area contributed by atoms with E-state index in [9.17, 15) is 19.7 Å². The van der Waals surface area contributed by atoms with E-state index in [0.29, 0.717) is 20.6 Å². The number of aromatic nitrogens is 1. The molecule has 11 heteroatoms. The second kappa shape index (κ2) is 9.58. The number of amides is 2. The minimum Gasteiger partial charge on any atom is -0.452 e. The highest BCUT2D eigenvalue weighted by atomic mass is 32.2. The van der Waals surface area contributed by atoms with Crippen LogP contribution in [0.25, 0.3) is 0 Å². The molecule has 160 valence electrons. The van der Waals surface area contributed by atoms with Crippen LogP contribution in [0.4, 0.5) is 21.9 Å². The van der Waals surface area contributed by atoms with Crippen molar-refractivity contribution in [3.63, 3.8) is 0 Å². The number of rotatable bonds is 6. The van der Waals surface area contributed by atoms with Crippen molar-refractivity contribution in [3.8, 4) is 0 Å². The van der Waals surface area contributed by atoms with Crippen molar-refractivity contribution in [3.05, 3.63) is 69.2 Å². The largest absolute Gasteiger partial charge is 0.452 e. The highest BCUT2D eigenvalue weighted by Gasteiger charge is 2.20. The summed E-state index contributed by atoms with van der Waals surface area (Å²) in [6.07, 6.45) is -0.519. The monoisotopic (exact) mass is 458 g/mol. The summed E-state index contributed by atoms with van der Waals surface area (Å²) in [6, 6.07) is 10.9. The molecule has 1 aromatic heterocycles. The Morgan fingerprint density at radius 3 is 2.52 bits per heavy atom. The molecule has 3 rings (SSSR count). The molecule has 0 atom stereocenters. The third kappa shape index (κ3) is 5.38. The summed E-state index contributed by atoms with van der Waals surface area (Å²) in [6.45, 7) is 1.85. The average Bonchev–Trinajstić information content (AvgIpc) is 3.17. The van der Waals surface area contributed by atoms with Gasteiger partial charge in [0.15, 0.2) is 4.34 Å². The number of methoxy groups -OCH3 is 1. The lowest BCUT2D eigenvalue weighted by molar-refractivity contribution is -0.387. The lowest BCUT2D eigenvalue weighted by Crippen LogP contribution is -2.25. The van der Waals surface area contributed by atoms with Crippen LogP contribution in [-0.2, 0) is 4.74 Å². The quantitative estimate of drug-likeness (QED) is 0.410. The average molecular weight is 459 g/mol. The van der Waals surface area contributed by atoms with Crippen LogP contribution in [-0.4, -0.2) is 36.1 Å². The molecule has 3 aromatic rings. The van der Waals surface area contributed by atoms with Crippen LogP contribution in [0.3, 0.4) is 0 Å². The number of anilines is 2. The zero-order chi connectivity index (χ0) is 22.5. The minimum absolute atomic E-state index is 0.155. The summed E-state index contributed by atoms with van der Waals surface area (Å²) >= 11 is 2.59. The molecule has 31 heavy (non-hydrogen) atoms. The summed E-state index contributed by atoms with van der Waals surface area (Å²) in [5, 5.41) is 16.1. The number of thiazole rings is 1. The minimum atomic E-state index is -0.519. The third-order valence-corrected chi connectivity index (χ3v) is 6.30. The smallest absolute Gasteiger partial charge is 0.413 e. The number of carbonyl (C=O) groups excluding carboxylic acids is 2. The number of benzene rings is 2. The SMILES string of the molecule is COC(=O)N(C)c1ccc(NC(=O)c2ccc(Sc3nc(C)cs3)c([N+](=O)[O-])c2)cc1. The molecule has 0 aliphatic rings. The van der Waals surface area contributed by atoms with Gasteiger partial charge in [0.1, 0.15) is 0 Å². The maximum Gasteiger partial charge on any atom is 0.413 e. The van der Waals surface area contributed by atoms with Crippen LogP contribution in [0.2, 0.25) is 0 Å². The van der Waals surface area contributed by atoms with E-state index in [2.05, 4.69) is 15.0 Å². The van der Waals surface area contributed by atoms with Crippen molar-refractivity contribution in [2.24, 2.45) is 0 Å². The predicted molar refractivity (Wildman–Crippen MR) is 119 cm³/mol. The van der Waals surface area contributed by atoms with Gasteiger partial charge in [0, 0.05) is 41.1 Å². The number of nitro benzene ring substituents is 1. The van der Waals surface area contributed by atoms with Crippen molar-refractivity contribution in [1.29, 1.82) is 0 Å². The fourth-order valence-electron chi connectivity index (χ4n) is 2.57. The highest BCUT2D eigenvalue weighted by molar-refractivity contribution is 8.01. The molecular weight excluding hydrogens is 440 g/mol. The van der Waals surface area contributed by atoms with Crippen molar-refractivity contribution in [2.75, 3.05) is 24.4 Å². The second-order valence-corrected chi connectivity index (χ2v) is 8.47. The lowest BCUT2D eigenvalue weighted by Gasteiger charge is -2.16. The Labute approximate surface area is 186 Å². The van der Waals surface area contributed by atoms with Gasteiger partial charge in [-0.05, 0) is 43.3 Å². The Bertz CT molecular complexity index is 1130. The Hall–Kier alpha value is -3.44. The van der Waals surface area contributed by atoms with Gasteiger partial charge in [-0.2, -0.15) is 0 Å². The fourth-order valence-corrected chi connectivity index (χ4v) is 4.45. The Kier molecular flexibility index (Phi) is 6.88. The molecule has 1 N–H and O–H groups in total. The van der Waals surface area contributed by atoms with Gasteiger partial charge in [0.05, 0.1) is 16.9 Å². The third-order valence-electron chi connectivity index (χ3n) is 4.17. The molecule has 0 aliphatic carbocycles. The van der Waals surface area contributed by atoms with E-state index >= 15 is 0 Å². The number of nitro groups is 1. The first-order valence-electron chi connectivity index (χ1n) is 8.90. The molecule has 0 radical (unpaired) electrons. The molecular formula is C20H18N4O5S2. The summed E-state index contributed by atoms with van der Waals surface area (Å²) < 4.78 is 5.34. The van der Waals surface area contributed by atoms with Crippen LogP contribution in [0, 0.1) is 17.0 Å². The number of aryl methyl sites for hydroxylation is 1. The van der Waals surface area contributed by atoms with Crippen molar-refractivity contribution >= 4 is 52.2 Å². The van der Waals surface area contributed by atoms with Gasteiger partial charge in [-0.1, -0.05) is 11.8 Å². The van der Waals surface area contributed by atoms with E-state index < -0.39 is 16.9 Å². The molecule has 9 nitrogen and oxygen atoms in total. The topological polar surface area (TPSA) is 115 Å². The van der Waals surface area contributed by atoms with Gasteiger partial charge >= 0.3 is 6.09 Å². The molecule has 0 fully saturated rings. The lowest BCUT2D eigenvalue weighted by atomic mass is 10.2. The maximum atomic E-state index is 12.6. The van der Waals surface area contributed by atoms with Crippen LogP contribution >= 0.6 is 23.1 Å². The molecule has 2 aromatic carbocycles. The highest BCUT2D eigenvalue weighted by Crippen LogP contribution is 2.37. The Morgan fingerprint density at radius 1 is 1.23 bits per heavy atom. The molecule has 1 heterocycles. The molecule has 0 saturated heterocycles. The van der Waals surface area contributed by atoms with Crippen molar-refractivity contribution < 1.29 is 19.2 Å². The van der Waals surface area contributed by atoms with Crippen molar-refractivity contribution in [1.82, 2.24) is 4.98 Å². The summed E-state index contributed by atoms with van der Waals surface area (Å²) in [7, 11) is 2.85. The van der Waals surface area contributed by atoms with Crippen molar-refractivity contribution in [2.45, 2.75) is 16.2 Å². The molecule has 2 amide bonds. The number of nitrogens with one attached hydrogen (secondary N) is 1. The van der Waals surface area contributed by atoms with Gasteiger partial charge in [-0.25, -0.2) is 9.78 Å². The zero-order valence-corrected chi connectivity index (χ0v) is 18.5. The van der Waals surface area contributed by atoms with E-state index in [4.69, 9.17) is 0 Å². The van der Waals surface area contributed by atoms with Crippen LogP contribution in [0.1, 0.15) is 16.1 Å². The number of nitrogens with zero attached hydrogens (tertiary/aromatic N) is 3. The van der Waals surface area contributed by atoms with E-state index in [1.165, 1.54) is 47.2 Å². The van der Waals surface area contributed by atoms with Gasteiger partial charge in [0.2, 0.25) is 0 Å². The Morgan fingerprint density at radius 2 is 1.94 bits per heavy atom. The fraction of sp³-hybridized carbons (Fsp3) is 0.150. The Balaban J connectivity index is 1.76. The number of ether oxygens (including phenoxy) is 1. The van der Waals surface area contributed by atoms with Crippen LogP contribution in [0.15, 0.2) is 57.1 Å². The normalized spacial score (nSPS) is 10.4. The van der Waals surface area contributed by atoms with E-state index in [1.807, 2.05) is 12.3 Å². The first-order valence-corrected chi connectivity index (χ1v) is 10.6. The summed E-state index contributed by atoms with van der Waals surface area (Å²) in [5.41, 5.74) is 1.89. The molecule has 0 bridgehead atoms. The van der Waals surface area contributed by atoms with Crippen LogP contribution < -0.4 is 10.2 Å².